The van der Waals surface area contributed by atoms with Crippen LogP contribution in [0.15, 0.2) is 24.3 Å². The quantitative estimate of drug-likeness (QED) is 0.785. The maximum Gasteiger partial charge on any atom is 0.0589 e. The van der Waals surface area contributed by atoms with Crippen LogP contribution in [0.3, 0.4) is 0 Å². The van der Waals surface area contributed by atoms with Crippen molar-refractivity contribution in [3.63, 3.8) is 0 Å². The molecule has 0 saturated heterocycles. The smallest absolute Gasteiger partial charge is 0.0589 e. The highest BCUT2D eigenvalue weighted by Gasteiger charge is 2.27. The fraction of sp³-hybridized carbons (Fsp3) is 0.571. The summed E-state index contributed by atoms with van der Waals surface area (Å²) in [6, 6.07) is 8.63. The lowest BCUT2D eigenvalue weighted by Gasteiger charge is -2.21. The van der Waals surface area contributed by atoms with Gasteiger partial charge in [0.1, 0.15) is 0 Å². The number of anilines is 1. The summed E-state index contributed by atoms with van der Waals surface area (Å²) in [4.78, 5) is 2.51. The monoisotopic (exact) mass is 268 g/mol. The topological polar surface area (TPSA) is 24.5 Å². The van der Waals surface area contributed by atoms with E-state index in [0.29, 0.717) is 0 Å². The molecule has 4 heteroatoms. The van der Waals surface area contributed by atoms with E-state index in [2.05, 4.69) is 10.2 Å². The predicted molar refractivity (Wildman–Crippen MR) is 76.4 cm³/mol. The van der Waals surface area contributed by atoms with E-state index in [4.69, 9.17) is 16.3 Å². The van der Waals surface area contributed by atoms with Crippen LogP contribution in [0.5, 0.6) is 0 Å². The van der Waals surface area contributed by atoms with E-state index >= 15 is 0 Å². The van der Waals surface area contributed by atoms with Crippen molar-refractivity contribution < 1.29 is 4.74 Å². The molecule has 2 rings (SSSR count). The van der Waals surface area contributed by atoms with Gasteiger partial charge >= 0.3 is 0 Å². The third-order valence-electron chi connectivity index (χ3n) is 3.22. The second-order valence-electron chi connectivity index (χ2n) is 4.69. The van der Waals surface area contributed by atoms with Gasteiger partial charge in [0, 0.05) is 43.5 Å². The third-order valence-corrected chi connectivity index (χ3v) is 3.47. The minimum Gasteiger partial charge on any atom is -0.384 e. The average molecular weight is 269 g/mol. The summed E-state index contributed by atoms with van der Waals surface area (Å²) in [5.41, 5.74) is 1.13. The van der Waals surface area contributed by atoms with Crippen LogP contribution >= 0.6 is 11.6 Å². The molecule has 0 radical (unpaired) electrons. The zero-order chi connectivity index (χ0) is 12.8. The highest BCUT2D eigenvalue weighted by Crippen LogP contribution is 2.26. The van der Waals surface area contributed by atoms with Crippen molar-refractivity contribution in [3.8, 4) is 0 Å². The Morgan fingerprint density at radius 3 is 2.61 bits per heavy atom. The number of benzene rings is 1. The Balaban J connectivity index is 1.70. The van der Waals surface area contributed by atoms with Crippen LogP contribution in [0.25, 0.3) is 0 Å². The summed E-state index contributed by atoms with van der Waals surface area (Å²) in [5, 5.41) is 4.20. The molecule has 1 aromatic carbocycles. The predicted octanol–water partition coefficient (Wildman–Crippen LogP) is 2.86. The molecule has 0 aromatic heterocycles. The molecule has 0 bridgehead atoms. The van der Waals surface area contributed by atoms with Crippen LogP contribution in [-0.2, 0) is 4.74 Å². The molecule has 1 aliphatic rings. The molecule has 1 aliphatic carbocycles. The summed E-state index contributed by atoms with van der Waals surface area (Å²) in [5.74, 6) is 0. The van der Waals surface area contributed by atoms with Crippen LogP contribution in [0.2, 0.25) is 5.02 Å². The Bertz CT molecular complexity index is 351. The van der Waals surface area contributed by atoms with Gasteiger partial charge in [-0.25, -0.2) is 0 Å². The number of halogens is 1. The molecule has 0 aliphatic heterocycles. The van der Waals surface area contributed by atoms with Crippen LogP contribution in [0.4, 0.5) is 5.69 Å². The van der Waals surface area contributed by atoms with Crippen molar-refractivity contribution in [2.75, 3.05) is 38.7 Å². The Morgan fingerprint density at radius 2 is 2.00 bits per heavy atom. The Hall–Kier alpha value is -0.770. The first-order valence-electron chi connectivity index (χ1n) is 6.52. The molecule has 1 aromatic rings. The molecule has 1 fully saturated rings. The van der Waals surface area contributed by atoms with Crippen molar-refractivity contribution in [2.45, 2.75) is 18.9 Å². The summed E-state index contributed by atoms with van der Waals surface area (Å²) in [6.07, 6.45) is 2.68. The number of hydrogen-bond acceptors (Lipinski definition) is 3. The minimum absolute atomic E-state index is 0.778. The van der Waals surface area contributed by atoms with E-state index in [-0.39, 0.29) is 0 Å². The van der Waals surface area contributed by atoms with Gasteiger partial charge in [0.05, 0.1) is 6.61 Å². The number of rotatable bonds is 8. The summed E-state index contributed by atoms with van der Waals surface area (Å²) < 4.78 is 5.15. The number of methoxy groups -OCH3 is 1. The summed E-state index contributed by atoms with van der Waals surface area (Å²) in [7, 11) is 1.76. The zero-order valence-corrected chi connectivity index (χ0v) is 11.6. The van der Waals surface area contributed by atoms with Crippen molar-refractivity contribution in [2.24, 2.45) is 0 Å². The summed E-state index contributed by atoms with van der Waals surface area (Å²) >= 11 is 5.85. The number of hydrogen-bond donors (Lipinski definition) is 1. The van der Waals surface area contributed by atoms with Crippen molar-refractivity contribution in [3.05, 3.63) is 29.3 Å². The Morgan fingerprint density at radius 1 is 1.28 bits per heavy atom. The molecule has 0 unspecified atom stereocenters. The second kappa shape index (κ2) is 6.98. The highest BCUT2D eigenvalue weighted by atomic mass is 35.5. The first-order chi connectivity index (χ1) is 8.79. The number of nitrogens with one attached hydrogen (secondary N) is 1. The van der Waals surface area contributed by atoms with Gasteiger partial charge in [-0.3, -0.25) is 4.90 Å². The standard InChI is InChI=1S/C14H21ClN2O/c1-18-11-10-17(14-6-7-14)9-8-16-13-4-2-12(15)3-5-13/h2-5,14,16H,6-11H2,1H3. The third kappa shape index (κ3) is 4.48. The van der Waals surface area contributed by atoms with Gasteiger partial charge in [-0.15, -0.1) is 0 Å². The second-order valence-corrected chi connectivity index (χ2v) is 5.13. The lowest BCUT2D eigenvalue weighted by molar-refractivity contribution is 0.146. The molecule has 3 nitrogen and oxygen atoms in total. The van der Waals surface area contributed by atoms with Crippen molar-refractivity contribution >= 4 is 17.3 Å². The lowest BCUT2D eigenvalue weighted by Crippen LogP contribution is -2.33. The van der Waals surface area contributed by atoms with E-state index < -0.39 is 0 Å². The molecule has 100 valence electrons. The van der Waals surface area contributed by atoms with Gasteiger partial charge in [-0.1, -0.05) is 11.6 Å². The SMILES string of the molecule is COCCN(CCNc1ccc(Cl)cc1)C1CC1. The molecular formula is C14H21ClN2O. The first kappa shape index (κ1) is 13.7. The fourth-order valence-corrected chi connectivity index (χ4v) is 2.16. The summed E-state index contributed by atoms with van der Waals surface area (Å²) in [6.45, 7) is 3.87. The van der Waals surface area contributed by atoms with Crippen molar-refractivity contribution in [1.82, 2.24) is 4.90 Å². The van der Waals surface area contributed by atoms with Crippen LogP contribution < -0.4 is 5.32 Å². The maximum atomic E-state index is 5.85. The largest absolute Gasteiger partial charge is 0.384 e. The lowest BCUT2D eigenvalue weighted by atomic mass is 10.3. The minimum atomic E-state index is 0.778. The first-order valence-corrected chi connectivity index (χ1v) is 6.90. The van der Waals surface area contributed by atoms with E-state index in [1.165, 1.54) is 12.8 Å². The van der Waals surface area contributed by atoms with Crippen LogP contribution in [0.1, 0.15) is 12.8 Å². The molecule has 1 N–H and O–H groups in total. The van der Waals surface area contributed by atoms with E-state index in [1.807, 2.05) is 24.3 Å². The van der Waals surface area contributed by atoms with Gasteiger partial charge in [0.25, 0.3) is 0 Å². The van der Waals surface area contributed by atoms with Gasteiger partial charge < -0.3 is 10.1 Å². The molecule has 0 heterocycles. The molecule has 0 atom stereocenters. The van der Waals surface area contributed by atoms with E-state index in [0.717, 1.165) is 43.0 Å². The average Bonchev–Trinajstić information content (AvgIpc) is 3.20. The molecule has 18 heavy (non-hydrogen) atoms. The van der Waals surface area contributed by atoms with Gasteiger partial charge in [-0.2, -0.15) is 0 Å². The van der Waals surface area contributed by atoms with Crippen molar-refractivity contribution in [1.29, 1.82) is 0 Å². The normalized spacial score (nSPS) is 15.1. The molecular weight excluding hydrogens is 248 g/mol. The fourth-order valence-electron chi connectivity index (χ4n) is 2.04. The Kier molecular flexibility index (Phi) is 5.29. The molecule has 0 spiro atoms. The van der Waals surface area contributed by atoms with Crippen LogP contribution in [0, 0.1) is 0 Å². The maximum absolute atomic E-state index is 5.85. The van der Waals surface area contributed by atoms with E-state index in [9.17, 15) is 0 Å². The van der Waals surface area contributed by atoms with Gasteiger partial charge in [-0.05, 0) is 37.1 Å². The Labute approximate surface area is 114 Å². The van der Waals surface area contributed by atoms with Gasteiger partial charge in [0.2, 0.25) is 0 Å². The highest BCUT2D eigenvalue weighted by molar-refractivity contribution is 6.30. The van der Waals surface area contributed by atoms with Crippen LogP contribution in [-0.4, -0.2) is 44.3 Å². The number of nitrogens with zero attached hydrogens (tertiary/aromatic N) is 1. The van der Waals surface area contributed by atoms with E-state index in [1.54, 1.807) is 7.11 Å². The molecule has 0 amide bonds. The number of ether oxygens (including phenoxy) is 1. The molecule has 1 saturated carbocycles. The zero-order valence-electron chi connectivity index (χ0n) is 10.9. The van der Waals surface area contributed by atoms with Gasteiger partial charge in [0.15, 0.2) is 0 Å².